The van der Waals surface area contributed by atoms with Gasteiger partial charge in [0.1, 0.15) is 11.8 Å². The van der Waals surface area contributed by atoms with Crippen molar-refractivity contribution in [2.24, 2.45) is 0 Å². The molecule has 3 rings (SSSR count). The molecule has 3 nitrogen and oxygen atoms in total. The lowest BCUT2D eigenvalue weighted by atomic mass is 9.91. The van der Waals surface area contributed by atoms with E-state index in [-0.39, 0.29) is 5.91 Å². The monoisotopic (exact) mass is 355 g/mol. The van der Waals surface area contributed by atoms with E-state index in [2.05, 4.69) is 0 Å². The molecule has 1 unspecified atom stereocenters. The molecule has 0 aromatic heterocycles. The number of carbonyl (C=O) groups excluding carboxylic acids is 1. The van der Waals surface area contributed by atoms with E-state index < -0.39 is 10.4 Å². The average Bonchev–Trinajstić information content (AvgIpc) is 2.53. The third kappa shape index (κ3) is 2.43. The predicted octanol–water partition coefficient (Wildman–Crippen LogP) is 4.61. The second kappa shape index (κ2) is 5.65. The molecule has 1 fully saturated rings. The van der Waals surface area contributed by atoms with Crippen molar-refractivity contribution in [1.29, 1.82) is 0 Å². The van der Waals surface area contributed by atoms with Gasteiger partial charge in [-0.15, -0.1) is 0 Å². The first-order valence-corrected chi connectivity index (χ1v) is 7.69. The molecule has 1 heterocycles. The highest BCUT2D eigenvalue weighted by Gasteiger charge is 2.60. The molecule has 0 radical (unpaired) electrons. The van der Waals surface area contributed by atoms with Crippen molar-refractivity contribution in [1.82, 2.24) is 0 Å². The number of anilines is 1. The average molecular weight is 357 g/mol. The standard InChI is InChI=1S/C16H12Cl3NO2/c1-22-13-8-6-12(7-9-13)20-14(16(18,19)15(20)21)10-2-4-11(17)5-3-10/h2-9,14H,1H3. The lowest BCUT2D eigenvalue weighted by molar-refractivity contribution is -0.125. The van der Waals surface area contributed by atoms with E-state index in [1.165, 1.54) is 0 Å². The molecule has 2 aromatic carbocycles. The first kappa shape index (κ1) is 15.5. The van der Waals surface area contributed by atoms with Gasteiger partial charge in [-0.2, -0.15) is 0 Å². The maximum Gasteiger partial charge on any atom is 0.266 e. The SMILES string of the molecule is COc1ccc(N2C(=O)C(Cl)(Cl)C2c2ccc(Cl)cc2)cc1. The second-order valence-corrected chi connectivity index (χ2v) is 6.77. The van der Waals surface area contributed by atoms with Gasteiger partial charge in [0.15, 0.2) is 0 Å². The molecule has 6 heteroatoms. The summed E-state index contributed by atoms with van der Waals surface area (Å²) < 4.78 is 3.64. The van der Waals surface area contributed by atoms with Crippen LogP contribution in [0.3, 0.4) is 0 Å². The Morgan fingerprint density at radius 1 is 1.05 bits per heavy atom. The molecule has 114 valence electrons. The number of amides is 1. The van der Waals surface area contributed by atoms with Gasteiger partial charge in [-0.05, 0) is 42.0 Å². The van der Waals surface area contributed by atoms with Crippen LogP contribution in [-0.4, -0.2) is 17.4 Å². The Labute approximate surface area is 143 Å². The van der Waals surface area contributed by atoms with E-state index >= 15 is 0 Å². The number of rotatable bonds is 3. The van der Waals surface area contributed by atoms with Crippen molar-refractivity contribution in [3.05, 3.63) is 59.1 Å². The minimum Gasteiger partial charge on any atom is -0.497 e. The van der Waals surface area contributed by atoms with Crippen LogP contribution in [0, 0.1) is 0 Å². The number of benzene rings is 2. The molecule has 1 aliphatic heterocycles. The third-order valence-electron chi connectivity index (χ3n) is 3.64. The van der Waals surface area contributed by atoms with Gasteiger partial charge in [-0.1, -0.05) is 46.9 Å². The molecule has 0 bridgehead atoms. The number of nitrogens with zero attached hydrogens (tertiary/aromatic N) is 1. The Kier molecular flexibility index (Phi) is 3.98. The number of ether oxygens (including phenoxy) is 1. The Hall–Kier alpha value is -1.42. The van der Waals surface area contributed by atoms with Gasteiger partial charge in [0.25, 0.3) is 5.91 Å². The number of alkyl halides is 2. The molecule has 22 heavy (non-hydrogen) atoms. The molecule has 0 aliphatic carbocycles. The third-order valence-corrected chi connectivity index (χ3v) is 4.63. The van der Waals surface area contributed by atoms with E-state index in [1.54, 1.807) is 48.4 Å². The molecular formula is C16H12Cl3NO2. The zero-order valence-electron chi connectivity index (χ0n) is 11.6. The highest BCUT2D eigenvalue weighted by atomic mass is 35.5. The first-order valence-electron chi connectivity index (χ1n) is 6.56. The Bertz CT molecular complexity index is 698. The molecular weight excluding hydrogens is 345 g/mol. The van der Waals surface area contributed by atoms with Crippen LogP contribution in [0.2, 0.25) is 5.02 Å². The topological polar surface area (TPSA) is 29.5 Å². The molecule has 1 amide bonds. The van der Waals surface area contributed by atoms with Crippen molar-refractivity contribution in [2.75, 3.05) is 12.0 Å². The highest BCUT2D eigenvalue weighted by Crippen LogP contribution is 2.52. The predicted molar refractivity (Wildman–Crippen MR) is 89.1 cm³/mol. The summed E-state index contributed by atoms with van der Waals surface area (Å²) in [5.74, 6) is 0.365. The molecule has 1 atom stereocenters. The van der Waals surface area contributed by atoms with Crippen LogP contribution >= 0.6 is 34.8 Å². The number of β-lactam (4-membered cyclic amide) rings is 1. The summed E-state index contributed by atoms with van der Waals surface area (Å²) in [6.07, 6.45) is 0. The zero-order valence-corrected chi connectivity index (χ0v) is 13.9. The molecule has 0 saturated carbocycles. The lowest BCUT2D eigenvalue weighted by Crippen LogP contribution is -2.62. The van der Waals surface area contributed by atoms with Crippen LogP contribution in [0.4, 0.5) is 5.69 Å². The normalized spacial score (nSPS) is 19.7. The van der Waals surface area contributed by atoms with Crippen molar-refractivity contribution < 1.29 is 9.53 Å². The number of hydrogen-bond donors (Lipinski definition) is 0. The minimum absolute atomic E-state index is 0.346. The summed E-state index contributed by atoms with van der Waals surface area (Å²) in [4.78, 5) is 13.9. The summed E-state index contributed by atoms with van der Waals surface area (Å²) in [6.45, 7) is 0. The van der Waals surface area contributed by atoms with E-state index in [4.69, 9.17) is 39.5 Å². The molecule has 0 spiro atoms. The fraction of sp³-hybridized carbons (Fsp3) is 0.188. The highest BCUT2D eigenvalue weighted by molar-refractivity contribution is 6.62. The summed E-state index contributed by atoms with van der Waals surface area (Å²) in [5, 5.41) is 0.611. The summed E-state index contributed by atoms with van der Waals surface area (Å²) in [7, 11) is 1.59. The van der Waals surface area contributed by atoms with E-state index in [0.717, 1.165) is 5.56 Å². The van der Waals surface area contributed by atoms with Crippen molar-refractivity contribution in [3.63, 3.8) is 0 Å². The zero-order chi connectivity index (χ0) is 15.9. The molecule has 2 aromatic rings. The fourth-order valence-electron chi connectivity index (χ4n) is 2.50. The number of methoxy groups -OCH3 is 1. The minimum atomic E-state index is -1.48. The van der Waals surface area contributed by atoms with Crippen LogP contribution in [0.15, 0.2) is 48.5 Å². The summed E-state index contributed by atoms with van der Waals surface area (Å²) in [5.41, 5.74) is 1.53. The number of carbonyl (C=O) groups is 1. The maximum atomic E-state index is 12.3. The van der Waals surface area contributed by atoms with Crippen LogP contribution < -0.4 is 9.64 Å². The smallest absolute Gasteiger partial charge is 0.266 e. The Morgan fingerprint density at radius 3 is 2.18 bits per heavy atom. The molecule has 1 aliphatic rings. The Morgan fingerprint density at radius 2 is 1.64 bits per heavy atom. The van der Waals surface area contributed by atoms with Crippen LogP contribution in [0.5, 0.6) is 5.75 Å². The first-order chi connectivity index (χ1) is 10.4. The van der Waals surface area contributed by atoms with Gasteiger partial charge >= 0.3 is 0 Å². The van der Waals surface area contributed by atoms with Crippen LogP contribution in [0.25, 0.3) is 0 Å². The van der Waals surface area contributed by atoms with Gasteiger partial charge in [-0.3, -0.25) is 9.69 Å². The quantitative estimate of drug-likeness (QED) is 0.593. The van der Waals surface area contributed by atoms with E-state index in [9.17, 15) is 4.79 Å². The summed E-state index contributed by atoms with van der Waals surface area (Å²) in [6, 6.07) is 13.8. The van der Waals surface area contributed by atoms with Gasteiger partial charge in [0, 0.05) is 10.7 Å². The van der Waals surface area contributed by atoms with E-state index in [0.29, 0.717) is 16.5 Å². The van der Waals surface area contributed by atoms with Crippen molar-refractivity contribution in [3.8, 4) is 5.75 Å². The van der Waals surface area contributed by atoms with Crippen molar-refractivity contribution in [2.45, 2.75) is 10.4 Å². The number of halogens is 3. The van der Waals surface area contributed by atoms with Crippen molar-refractivity contribution >= 4 is 46.4 Å². The lowest BCUT2D eigenvalue weighted by Gasteiger charge is -2.49. The van der Waals surface area contributed by atoms with Gasteiger partial charge in [0.2, 0.25) is 4.33 Å². The van der Waals surface area contributed by atoms with Crippen LogP contribution in [-0.2, 0) is 4.79 Å². The van der Waals surface area contributed by atoms with Gasteiger partial charge < -0.3 is 4.74 Å². The second-order valence-electron chi connectivity index (χ2n) is 4.95. The number of hydrogen-bond acceptors (Lipinski definition) is 2. The van der Waals surface area contributed by atoms with Gasteiger partial charge in [0.05, 0.1) is 7.11 Å². The van der Waals surface area contributed by atoms with Crippen LogP contribution in [0.1, 0.15) is 11.6 Å². The van der Waals surface area contributed by atoms with E-state index in [1.807, 2.05) is 12.1 Å². The summed E-state index contributed by atoms with van der Waals surface area (Å²) >= 11 is 18.3. The maximum absolute atomic E-state index is 12.3. The fourth-order valence-corrected chi connectivity index (χ4v) is 3.26. The molecule has 1 saturated heterocycles. The molecule has 0 N–H and O–H groups in total. The Balaban J connectivity index is 1.98. The van der Waals surface area contributed by atoms with Gasteiger partial charge in [-0.25, -0.2) is 0 Å². The largest absolute Gasteiger partial charge is 0.497 e.